The van der Waals surface area contributed by atoms with Crippen LogP contribution in [0, 0.1) is 5.92 Å². The van der Waals surface area contributed by atoms with E-state index in [4.69, 9.17) is 4.74 Å². The van der Waals surface area contributed by atoms with E-state index >= 15 is 0 Å². The Labute approximate surface area is 107 Å². The molecule has 5 nitrogen and oxygen atoms in total. The van der Waals surface area contributed by atoms with E-state index in [1.54, 1.807) is 12.1 Å². The minimum absolute atomic E-state index is 0.0773. The van der Waals surface area contributed by atoms with E-state index in [0.29, 0.717) is 19.0 Å². The Hall–Kier alpha value is -0.980. The van der Waals surface area contributed by atoms with E-state index in [1.807, 2.05) is 0 Å². The van der Waals surface area contributed by atoms with Crippen molar-refractivity contribution in [3.8, 4) is 0 Å². The predicted molar refractivity (Wildman–Crippen MR) is 65.4 cm³/mol. The lowest BCUT2D eigenvalue weighted by molar-refractivity contribution is 0.264. The summed E-state index contributed by atoms with van der Waals surface area (Å²) in [5.74, 6) is 0.320. The highest BCUT2D eigenvalue weighted by Crippen LogP contribution is 2.34. The molecular weight excluding hydrogens is 252 g/mol. The smallest absolute Gasteiger partial charge is 0.260 e. The van der Waals surface area contributed by atoms with Crippen LogP contribution in [0.25, 0.3) is 0 Å². The van der Waals surface area contributed by atoms with Gasteiger partial charge in [-0.1, -0.05) is 13.0 Å². The zero-order valence-electron chi connectivity index (χ0n) is 10.2. The van der Waals surface area contributed by atoms with E-state index in [2.05, 4.69) is 11.9 Å². The number of rotatable bonds is 2. The average Bonchev–Trinajstić information content (AvgIpc) is 3.07. The largest absolute Gasteiger partial charge is 0.368 e. The van der Waals surface area contributed by atoms with E-state index in [9.17, 15) is 8.42 Å². The lowest BCUT2D eigenvalue weighted by Gasteiger charge is -2.22. The fourth-order valence-corrected chi connectivity index (χ4v) is 3.97. The van der Waals surface area contributed by atoms with Crippen LogP contribution in [0.5, 0.6) is 0 Å². The molecule has 2 saturated heterocycles. The molecule has 2 aliphatic heterocycles. The van der Waals surface area contributed by atoms with Crippen LogP contribution in [-0.2, 0) is 14.8 Å². The summed E-state index contributed by atoms with van der Waals surface area (Å²) in [6.45, 7) is 3.06. The lowest BCUT2D eigenvalue weighted by atomic mass is 10.1. The maximum Gasteiger partial charge on any atom is 0.260 e. The van der Waals surface area contributed by atoms with Gasteiger partial charge in [0.15, 0.2) is 5.03 Å². The van der Waals surface area contributed by atoms with E-state index in [-0.39, 0.29) is 17.2 Å². The number of fused-ring (bicyclic) bond motifs is 1. The van der Waals surface area contributed by atoms with Crippen LogP contribution >= 0.6 is 0 Å². The van der Waals surface area contributed by atoms with E-state index in [0.717, 1.165) is 6.42 Å². The van der Waals surface area contributed by atoms with Crippen LogP contribution in [0.4, 0.5) is 0 Å². The molecule has 2 fully saturated rings. The second-order valence-electron chi connectivity index (χ2n) is 5.04. The minimum atomic E-state index is -3.48. The molecule has 6 heteroatoms. The van der Waals surface area contributed by atoms with Gasteiger partial charge < -0.3 is 4.74 Å². The van der Waals surface area contributed by atoms with E-state index < -0.39 is 10.0 Å². The number of sulfonamides is 1. The minimum Gasteiger partial charge on any atom is -0.368 e. The molecule has 18 heavy (non-hydrogen) atoms. The van der Waals surface area contributed by atoms with Crippen molar-refractivity contribution in [2.45, 2.75) is 30.6 Å². The van der Waals surface area contributed by atoms with Crippen LogP contribution in [0.2, 0.25) is 0 Å². The number of nitrogens with zero attached hydrogens (tertiary/aromatic N) is 2. The van der Waals surface area contributed by atoms with Crippen LogP contribution in [0.3, 0.4) is 0 Å². The molecule has 0 aliphatic carbocycles. The summed E-state index contributed by atoms with van der Waals surface area (Å²) in [4.78, 5) is 3.95. The van der Waals surface area contributed by atoms with Gasteiger partial charge in [-0.3, -0.25) is 0 Å². The van der Waals surface area contributed by atoms with Crippen molar-refractivity contribution >= 4 is 10.0 Å². The first-order valence-electron chi connectivity index (χ1n) is 6.14. The second kappa shape index (κ2) is 4.29. The Morgan fingerprint density at radius 1 is 1.33 bits per heavy atom. The fourth-order valence-electron chi connectivity index (χ4n) is 2.47. The number of ether oxygens (including phenoxy) is 1. The first kappa shape index (κ1) is 12.1. The van der Waals surface area contributed by atoms with Gasteiger partial charge in [0, 0.05) is 19.3 Å². The molecule has 0 saturated carbocycles. The first-order chi connectivity index (χ1) is 8.57. The van der Waals surface area contributed by atoms with Gasteiger partial charge in [0.1, 0.15) is 0 Å². The monoisotopic (exact) mass is 268 g/mol. The highest BCUT2D eigenvalue weighted by Gasteiger charge is 2.46. The van der Waals surface area contributed by atoms with Crippen molar-refractivity contribution in [1.82, 2.24) is 9.29 Å². The highest BCUT2D eigenvalue weighted by atomic mass is 32.2. The topological polar surface area (TPSA) is 62.8 Å². The molecule has 0 spiro atoms. The van der Waals surface area contributed by atoms with Crippen molar-refractivity contribution in [2.24, 2.45) is 5.92 Å². The predicted octanol–water partition coefficient (Wildman–Crippen LogP) is 0.879. The van der Waals surface area contributed by atoms with Gasteiger partial charge in [-0.2, -0.15) is 4.31 Å². The molecular formula is C12H16N2O3S. The molecule has 3 rings (SSSR count). The standard InChI is InChI=1S/C12H16N2O3S/c1-9-6-10-11(17-10)8-14(7-9)18(15,16)12-4-2-3-5-13-12/h2-5,9-11H,6-8H2,1H3/t9-,10-,11+/m0/s1. The summed E-state index contributed by atoms with van der Waals surface area (Å²) in [5.41, 5.74) is 0. The molecule has 0 amide bonds. The zero-order chi connectivity index (χ0) is 12.8. The molecule has 98 valence electrons. The van der Waals surface area contributed by atoms with Crippen molar-refractivity contribution in [3.05, 3.63) is 24.4 Å². The summed E-state index contributed by atoms with van der Waals surface area (Å²) < 4.78 is 31.9. The normalized spacial score (nSPS) is 32.6. The SMILES string of the molecule is C[C@H]1C[C@@H]2O[C@@H]2CN(S(=O)(=O)c2ccccn2)C1. The second-order valence-corrected chi connectivity index (χ2v) is 6.93. The summed E-state index contributed by atoms with van der Waals surface area (Å²) in [7, 11) is -3.48. The average molecular weight is 268 g/mol. The Kier molecular flexibility index (Phi) is 2.88. The van der Waals surface area contributed by atoms with Crippen LogP contribution in [0.15, 0.2) is 29.4 Å². The summed E-state index contributed by atoms with van der Waals surface area (Å²) in [5, 5.41) is 0.122. The zero-order valence-corrected chi connectivity index (χ0v) is 11.0. The van der Waals surface area contributed by atoms with Crippen LogP contribution in [-0.4, -0.2) is 43.0 Å². The van der Waals surface area contributed by atoms with Gasteiger partial charge >= 0.3 is 0 Å². The quantitative estimate of drug-likeness (QED) is 0.747. The molecule has 0 N–H and O–H groups in total. The Balaban J connectivity index is 1.89. The maximum absolute atomic E-state index is 12.5. The van der Waals surface area contributed by atoms with Crippen molar-refractivity contribution in [3.63, 3.8) is 0 Å². The molecule has 0 bridgehead atoms. The van der Waals surface area contributed by atoms with E-state index in [1.165, 1.54) is 16.6 Å². The summed E-state index contributed by atoms with van der Waals surface area (Å²) in [6, 6.07) is 4.94. The Morgan fingerprint density at radius 2 is 2.17 bits per heavy atom. The third kappa shape index (κ3) is 2.15. The third-order valence-corrected chi connectivity index (χ3v) is 5.21. The number of hydrogen-bond acceptors (Lipinski definition) is 4. The molecule has 0 aromatic carbocycles. The maximum atomic E-state index is 12.5. The van der Waals surface area contributed by atoms with Gasteiger partial charge in [0.05, 0.1) is 12.2 Å². The first-order valence-corrected chi connectivity index (χ1v) is 7.58. The number of epoxide rings is 1. The molecule has 1 aromatic heterocycles. The van der Waals surface area contributed by atoms with Crippen molar-refractivity contribution in [1.29, 1.82) is 0 Å². The van der Waals surface area contributed by atoms with Gasteiger partial charge in [-0.15, -0.1) is 0 Å². The van der Waals surface area contributed by atoms with Gasteiger partial charge in [-0.05, 0) is 24.5 Å². The van der Waals surface area contributed by atoms with Gasteiger partial charge in [0.25, 0.3) is 10.0 Å². The van der Waals surface area contributed by atoms with Gasteiger partial charge in [-0.25, -0.2) is 13.4 Å². The third-order valence-electron chi connectivity index (χ3n) is 3.46. The molecule has 3 atom stereocenters. The molecule has 2 aliphatic rings. The Morgan fingerprint density at radius 3 is 2.89 bits per heavy atom. The lowest BCUT2D eigenvalue weighted by Crippen LogP contribution is -2.36. The molecule has 3 heterocycles. The van der Waals surface area contributed by atoms with Crippen molar-refractivity contribution in [2.75, 3.05) is 13.1 Å². The number of hydrogen-bond donors (Lipinski definition) is 0. The summed E-state index contributed by atoms with van der Waals surface area (Å²) >= 11 is 0. The number of pyridine rings is 1. The molecule has 0 radical (unpaired) electrons. The molecule has 0 unspecified atom stereocenters. The Bertz CT molecular complexity index is 530. The highest BCUT2D eigenvalue weighted by molar-refractivity contribution is 7.89. The van der Waals surface area contributed by atoms with Crippen LogP contribution < -0.4 is 0 Å². The molecule has 1 aromatic rings. The van der Waals surface area contributed by atoms with Crippen molar-refractivity contribution < 1.29 is 13.2 Å². The van der Waals surface area contributed by atoms with Crippen LogP contribution in [0.1, 0.15) is 13.3 Å². The van der Waals surface area contributed by atoms with Gasteiger partial charge in [0.2, 0.25) is 0 Å². The number of aromatic nitrogens is 1. The fraction of sp³-hybridized carbons (Fsp3) is 0.583. The summed E-state index contributed by atoms with van der Waals surface area (Å²) in [6.07, 6.45) is 2.78.